The fraction of sp³-hybridized carbons (Fsp3) is 0.971. The first-order chi connectivity index (χ1) is 19.7. The third kappa shape index (κ3) is 31.8. The van der Waals surface area contributed by atoms with Crippen LogP contribution in [-0.2, 0) is 28.5 Å². The van der Waals surface area contributed by atoms with E-state index in [1.807, 2.05) is 0 Å². The van der Waals surface area contributed by atoms with Crippen LogP contribution in [0.3, 0.4) is 0 Å². The second-order valence-corrected chi connectivity index (χ2v) is 11.3. The lowest BCUT2D eigenvalue weighted by Gasteiger charge is -2.16. The molecule has 0 radical (unpaired) electrons. The number of carbonyl (C=O) groups excluding carboxylic acids is 1. The van der Waals surface area contributed by atoms with Gasteiger partial charge in [0, 0.05) is 19.6 Å². The Bertz CT molecular complexity index is 487. The molecular formula is C34H68O6. The number of carbonyl (C=O) groups is 1. The van der Waals surface area contributed by atoms with Gasteiger partial charge in [-0.2, -0.15) is 0 Å². The van der Waals surface area contributed by atoms with Crippen LogP contribution < -0.4 is 0 Å². The maximum Gasteiger partial charge on any atom is 0.305 e. The third-order valence-electron chi connectivity index (χ3n) is 7.34. The molecule has 6 heteroatoms. The quantitative estimate of drug-likeness (QED) is 0.0566. The number of hydrogen-bond acceptors (Lipinski definition) is 6. The van der Waals surface area contributed by atoms with Crippen molar-refractivity contribution in [1.29, 1.82) is 0 Å². The van der Waals surface area contributed by atoms with Crippen molar-refractivity contribution in [3.8, 4) is 0 Å². The lowest BCUT2D eigenvalue weighted by Crippen LogP contribution is -2.15. The highest BCUT2D eigenvalue weighted by atomic mass is 16.6. The summed E-state index contributed by atoms with van der Waals surface area (Å²) in [6.07, 6.45) is 24.4. The Kier molecular flexibility index (Phi) is 33.9. The van der Waals surface area contributed by atoms with Crippen molar-refractivity contribution in [3.63, 3.8) is 0 Å². The summed E-state index contributed by atoms with van der Waals surface area (Å²) in [6.45, 7) is 12.2. The van der Waals surface area contributed by atoms with Gasteiger partial charge in [0.1, 0.15) is 0 Å². The minimum Gasteiger partial charge on any atom is -0.465 e. The maximum absolute atomic E-state index is 12.1. The van der Waals surface area contributed by atoms with Crippen LogP contribution in [0.1, 0.15) is 149 Å². The molecule has 1 unspecified atom stereocenters. The summed E-state index contributed by atoms with van der Waals surface area (Å²) in [6, 6.07) is 0. The van der Waals surface area contributed by atoms with E-state index in [4.69, 9.17) is 23.7 Å². The van der Waals surface area contributed by atoms with Gasteiger partial charge >= 0.3 is 5.97 Å². The molecule has 0 amide bonds. The van der Waals surface area contributed by atoms with Crippen molar-refractivity contribution in [2.45, 2.75) is 149 Å². The highest BCUT2D eigenvalue weighted by Crippen LogP contribution is 2.18. The summed E-state index contributed by atoms with van der Waals surface area (Å²) >= 11 is 0. The van der Waals surface area contributed by atoms with Gasteiger partial charge in [0.05, 0.1) is 46.2 Å². The summed E-state index contributed by atoms with van der Waals surface area (Å²) < 4.78 is 27.9. The summed E-state index contributed by atoms with van der Waals surface area (Å²) in [5.41, 5.74) is 0. The molecule has 40 heavy (non-hydrogen) atoms. The fourth-order valence-electron chi connectivity index (χ4n) is 4.72. The molecule has 0 spiro atoms. The minimum absolute atomic E-state index is 0.0977. The first kappa shape index (κ1) is 39.3. The Morgan fingerprint density at radius 1 is 0.450 bits per heavy atom. The van der Waals surface area contributed by atoms with Crippen LogP contribution in [0.2, 0.25) is 0 Å². The lowest BCUT2D eigenvalue weighted by atomic mass is 9.96. The Hall–Kier alpha value is -0.690. The molecule has 6 nitrogen and oxygen atoms in total. The van der Waals surface area contributed by atoms with Crippen molar-refractivity contribution >= 4 is 5.97 Å². The van der Waals surface area contributed by atoms with Gasteiger partial charge < -0.3 is 23.7 Å². The molecule has 0 aliphatic carbocycles. The van der Waals surface area contributed by atoms with Crippen LogP contribution in [0.25, 0.3) is 0 Å². The average molecular weight is 573 g/mol. The Labute approximate surface area is 249 Å². The van der Waals surface area contributed by atoms with E-state index in [0.29, 0.717) is 71.6 Å². The van der Waals surface area contributed by atoms with Crippen LogP contribution in [0.4, 0.5) is 0 Å². The molecule has 0 aliphatic heterocycles. The molecule has 1 atom stereocenters. The SMILES string of the molecule is CCCCCCCCCCCCOCCOCCOCCOCCCC(=O)OCC(CCCC)CCCCCC. The first-order valence-corrected chi connectivity index (χ1v) is 17.2. The van der Waals surface area contributed by atoms with E-state index in [1.165, 1.54) is 103 Å². The Balaban J connectivity index is 3.34. The fourth-order valence-corrected chi connectivity index (χ4v) is 4.72. The van der Waals surface area contributed by atoms with Crippen LogP contribution in [0, 0.1) is 5.92 Å². The molecule has 0 aliphatic rings. The van der Waals surface area contributed by atoms with E-state index < -0.39 is 0 Å². The topological polar surface area (TPSA) is 63.2 Å². The zero-order chi connectivity index (χ0) is 29.2. The summed E-state index contributed by atoms with van der Waals surface area (Å²) in [5.74, 6) is 0.416. The third-order valence-corrected chi connectivity index (χ3v) is 7.34. The van der Waals surface area contributed by atoms with Gasteiger partial charge in [-0.3, -0.25) is 4.79 Å². The van der Waals surface area contributed by atoms with Crippen LogP contribution in [-0.4, -0.2) is 65.4 Å². The van der Waals surface area contributed by atoms with E-state index in [9.17, 15) is 4.79 Å². The summed E-state index contributed by atoms with van der Waals surface area (Å²) in [7, 11) is 0. The molecule has 0 saturated heterocycles. The zero-order valence-electron chi connectivity index (χ0n) is 27.0. The molecule has 0 aromatic rings. The van der Waals surface area contributed by atoms with Gasteiger partial charge in [0.15, 0.2) is 0 Å². The molecule has 0 heterocycles. The normalized spacial score (nSPS) is 12.2. The largest absolute Gasteiger partial charge is 0.465 e. The summed E-state index contributed by atoms with van der Waals surface area (Å²) in [4.78, 5) is 12.1. The van der Waals surface area contributed by atoms with Crippen LogP contribution in [0.15, 0.2) is 0 Å². The zero-order valence-corrected chi connectivity index (χ0v) is 27.0. The van der Waals surface area contributed by atoms with Crippen molar-refractivity contribution < 1.29 is 28.5 Å². The molecular weight excluding hydrogens is 504 g/mol. The summed E-state index contributed by atoms with van der Waals surface area (Å²) in [5, 5.41) is 0. The van der Waals surface area contributed by atoms with Crippen molar-refractivity contribution in [3.05, 3.63) is 0 Å². The van der Waals surface area contributed by atoms with E-state index in [0.717, 1.165) is 19.4 Å². The molecule has 240 valence electrons. The van der Waals surface area contributed by atoms with Crippen molar-refractivity contribution in [2.24, 2.45) is 5.92 Å². The first-order valence-electron chi connectivity index (χ1n) is 17.2. The van der Waals surface area contributed by atoms with Crippen LogP contribution in [0.5, 0.6) is 0 Å². The number of rotatable bonds is 34. The number of unbranched alkanes of at least 4 members (excludes halogenated alkanes) is 13. The molecule has 0 aromatic carbocycles. The van der Waals surface area contributed by atoms with Gasteiger partial charge in [-0.05, 0) is 31.6 Å². The highest BCUT2D eigenvalue weighted by molar-refractivity contribution is 5.69. The second kappa shape index (κ2) is 34.5. The van der Waals surface area contributed by atoms with E-state index >= 15 is 0 Å². The predicted molar refractivity (Wildman–Crippen MR) is 167 cm³/mol. The molecule has 0 N–H and O–H groups in total. The number of esters is 1. The van der Waals surface area contributed by atoms with Crippen LogP contribution >= 0.6 is 0 Å². The van der Waals surface area contributed by atoms with Gasteiger partial charge in [-0.1, -0.05) is 117 Å². The standard InChI is InChI=1S/C34H68O6/c1-4-7-10-12-13-14-15-16-17-19-24-36-26-28-38-30-31-39-29-27-37-25-20-23-34(35)40-32-33(21-9-6-3)22-18-11-8-5-2/h33H,4-32H2,1-3H3. The monoisotopic (exact) mass is 573 g/mol. The number of ether oxygens (including phenoxy) is 5. The Morgan fingerprint density at radius 2 is 0.850 bits per heavy atom. The van der Waals surface area contributed by atoms with Gasteiger partial charge in [0.25, 0.3) is 0 Å². The van der Waals surface area contributed by atoms with Crippen molar-refractivity contribution in [1.82, 2.24) is 0 Å². The van der Waals surface area contributed by atoms with E-state index in [1.54, 1.807) is 0 Å². The predicted octanol–water partition coefficient (Wildman–Crippen LogP) is 9.07. The van der Waals surface area contributed by atoms with Gasteiger partial charge in [0.2, 0.25) is 0 Å². The van der Waals surface area contributed by atoms with Crippen molar-refractivity contribution in [2.75, 3.05) is 59.5 Å². The second-order valence-electron chi connectivity index (χ2n) is 11.3. The molecule has 0 saturated carbocycles. The molecule has 0 aromatic heterocycles. The smallest absolute Gasteiger partial charge is 0.305 e. The number of hydrogen-bond donors (Lipinski definition) is 0. The molecule has 0 rings (SSSR count). The molecule has 0 bridgehead atoms. The van der Waals surface area contributed by atoms with E-state index in [2.05, 4.69) is 20.8 Å². The highest BCUT2D eigenvalue weighted by Gasteiger charge is 2.12. The van der Waals surface area contributed by atoms with Gasteiger partial charge in [-0.15, -0.1) is 0 Å². The minimum atomic E-state index is -0.0977. The molecule has 0 fully saturated rings. The Morgan fingerprint density at radius 3 is 1.38 bits per heavy atom. The lowest BCUT2D eigenvalue weighted by molar-refractivity contribution is -0.145. The van der Waals surface area contributed by atoms with E-state index in [-0.39, 0.29) is 5.97 Å². The maximum atomic E-state index is 12.1. The average Bonchev–Trinajstić information content (AvgIpc) is 2.96. The van der Waals surface area contributed by atoms with Gasteiger partial charge in [-0.25, -0.2) is 0 Å².